The van der Waals surface area contributed by atoms with E-state index in [2.05, 4.69) is 20.4 Å². The van der Waals surface area contributed by atoms with Gasteiger partial charge in [-0.1, -0.05) is 0 Å². The average Bonchev–Trinajstić information content (AvgIpc) is 2.91. The molecular weight excluding hydrogens is 326 g/mol. The number of aromatic nitrogens is 1. The van der Waals surface area contributed by atoms with Crippen LogP contribution < -0.4 is 10.6 Å². The summed E-state index contributed by atoms with van der Waals surface area (Å²) in [5, 5.41) is 13.9. The summed E-state index contributed by atoms with van der Waals surface area (Å²) in [6, 6.07) is -0.964. The number of carboxylic acid groups (broad SMARTS) is 1. The standard InChI is InChI=1S/C11H15N3O5S.C2H6O/c1-6-12-3-8(20-6)11(18)14-7(5-19-2)10(17)13-4-9(15)16;1-3-2/h3,7H,4-5H2,1-2H3,(H,13,17)(H,14,18)(H,15,16);1-2H3. The highest BCUT2D eigenvalue weighted by Crippen LogP contribution is 2.11. The van der Waals surface area contributed by atoms with E-state index in [4.69, 9.17) is 9.84 Å². The van der Waals surface area contributed by atoms with Crippen molar-refractivity contribution in [2.75, 3.05) is 34.5 Å². The van der Waals surface area contributed by atoms with E-state index in [9.17, 15) is 14.4 Å². The molecular formula is C13H21N3O6S. The first-order valence-electron chi connectivity index (χ1n) is 6.47. The van der Waals surface area contributed by atoms with Crippen molar-refractivity contribution in [1.29, 1.82) is 0 Å². The SMILES string of the molecule is COC.COCC(NC(=O)c1cnc(C)s1)C(=O)NCC(=O)O. The van der Waals surface area contributed by atoms with Gasteiger partial charge in [-0.05, 0) is 6.92 Å². The van der Waals surface area contributed by atoms with Crippen LogP contribution in [-0.2, 0) is 19.1 Å². The lowest BCUT2D eigenvalue weighted by atomic mass is 10.2. The van der Waals surface area contributed by atoms with Crippen LogP contribution in [0.4, 0.5) is 0 Å². The van der Waals surface area contributed by atoms with Gasteiger partial charge in [-0.25, -0.2) is 4.98 Å². The smallest absolute Gasteiger partial charge is 0.322 e. The van der Waals surface area contributed by atoms with E-state index in [0.717, 1.165) is 5.01 Å². The Kier molecular flexibility index (Phi) is 10.5. The van der Waals surface area contributed by atoms with Crippen molar-refractivity contribution >= 4 is 29.1 Å². The van der Waals surface area contributed by atoms with Gasteiger partial charge in [0.2, 0.25) is 5.91 Å². The zero-order chi connectivity index (χ0) is 17.8. The molecule has 0 spiro atoms. The molecule has 1 rings (SSSR count). The minimum absolute atomic E-state index is 0.0605. The summed E-state index contributed by atoms with van der Waals surface area (Å²) < 4.78 is 9.09. The number of carboxylic acids is 1. The van der Waals surface area contributed by atoms with E-state index in [0.29, 0.717) is 4.88 Å². The molecule has 23 heavy (non-hydrogen) atoms. The topological polar surface area (TPSA) is 127 Å². The number of rotatable bonds is 7. The lowest BCUT2D eigenvalue weighted by Crippen LogP contribution is -2.50. The molecule has 0 bridgehead atoms. The van der Waals surface area contributed by atoms with Crippen LogP contribution in [0.15, 0.2) is 6.20 Å². The molecule has 1 unspecified atom stereocenters. The van der Waals surface area contributed by atoms with Crippen molar-refractivity contribution in [3.63, 3.8) is 0 Å². The molecule has 0 saturated heterocycles. The summed E-state index contributed by atoms with van der Waals surface area (Å²) in [4.78, 5) is 38.3. The van der Waals surface area contributed by atoms with Gasteiger partial charge in [-0.3, -0.25) is 14.4 Å². The van der Waals surface area contributed by atoms with E-state index in [1.165, 1.54) is 24.6 Å². The van der Waals surface area contributed by atoms with Crippen molar-refractivity contribution < 1.29 is 29.0 Å². The predicted molar refractivity (Wildman–Crippen MR) is 83.6 cm³/mol. The number of amides is 2. The number of nitrogens with zero attached hydrogens (tertiary/aromatic N) is 1. The molecule has 0 saturated carbocycles. The Hall–Kier alpha value is -2.04. The van der Waals surface area contributed by atoms with Gasteiger partial charge in [0.25, 0.3) is 5.91 Å². The molecule has 0 aliphatic heterocycles. The molecule has 0 aromatic carbocycles. The van der Waals surface area contributed by atoms with Gasteiger partial charge in [0.1, 0.15) is 17.5 Å². The maximum atomic E-state index is 11.9. The van der Waals surface area contributed by atoms with Crippen molar-refractivity contribution in [3.8, 4) is 0 Å². The molecule has 0 fully saturated rings. The Morgan fingerprint density at radius 2 is 1.96 bits per heavy atom. The average molecular weight is 347 g/mol. The van der Waals surface area contributed by atoms with Crippen molar-refractivity contribution in [2.24, 2.45) is 0 Å². The highest BCUT2D eigenvalue weighted by Gasteiger charge is 2.22. The first-order valence-corrected chi connectivity index (χ1v) is 7.29. The number of carbonyl (C=O) groups excluding carboxylic acids is 2. The minimum Gasteiger partial charge on any atom is -0.480 e. The Morgan fingerprint density at radius 1 is 1.35 bits per heavy atom. The highest BCUT2D eigenvalue weighted by atomic mass is 32.1. The summed E-state index contributed by atoms with van der Waals surface area (Å²) in [7, 11) is 4.63. The molecule has 10 heteroatoms. The summed E-state index contributed by atoms with van der Waals surface area (Å²) in [5.74, 6) is -2.24. The van der Waals surface area contributed by atoms with Crippen molar-refractivity contribution in [1.82, 2.24) is 15.6 Å². The molecule has 1 aromatic heterocycles. The Bertz CT molecular complexity index is 520. The predicted octanol–water partition coefficient (Wildman–Crippen LogP) is -0.340. The van der Waals surface area contributed by atoms with Crippen LogP contribution in [0.3, 0.4) is 0 Å². The van der Waals surface area contributed by atoms with Crippen LogP contribution in [0.1, 0.15) is 14.7 Å². The minimum atomic E-state index is -1.17. The van der Waals surface area contributed by atoms with Gasteiger partial charge >= 0.3 is 5.97 Å². The number of nitrogens with one attached hydrogen (secondary N) is 2. The summed E-state index contributed by atoms with van der Waals surface area (Å²) >= 11 is 1.20. The van der Waals surface area contributed by atoms with Crippen molar-refractivity contribution in [2.45, 2.75) is 13.0 Å². The second-order valence-electron chi connectivity index (χ2n) is 4.24. The molecule has 9 nitrogen and oxygen atoms in total. The molecule has 2 amide bonds. The molecule has 130 valence electrons. The van der Waals surface area contributed by atoms with Gasteiger partial charge in [-0.15, -0.1) is 11.3 Å². The maximum Gasteiger partial charge on any atom is 0.322 e. The molecule has 3 N–H and O–H groups in total. The number of ether oxygens (including phenoxy) is 2. The van der Waals surface area contributed by atoms with E-state index in [1.54, 1.807) is 21.1 Å². The lowest BCUT2D eigenvalue weighted by molar-refractivity contribution is -0.138. The first kappa shape index (κ1) is 21.0. The summed E-state index contributed by atoms with van der Waals surface area (Å²) in [5.41, 5.74) is 0. The molecule has 1 atom stereocenters. The third kappa shape index (κ3) is 8.86. The second-order valence-corrected chi connectivity index (χ2v) is 5.48. The van der Waals surface area contributed by atoms with Gasteiger partial charge in [0, 0.05) is 21.3 Å². The van der Waals surface area contributed by atoms with E-state index in [-0.39, 0.29) is 6.61 Å². The second kappa shape index (κ2) is 11.5. The normalized spacial score (nSPS) is 11.0. The van der Waals surface area contributed by atoms with E-state index >= 15 is 0 Å². The molecule has 0 aliphatic carbocycles. The van der Waals surface area contributed by atoms with Crippen LogP contribution >= 0.6 is 11.3 Å². The van der Waals surface area contributed by atoms with Crippen LogP contribution in [-0.4, -0.2) is 68.4 Å². The fourth-order valence-corrected chi connectivity index (χ4v) is 2.01. The number of methoxy groups -OCH3 is 2. The quantitative estimate of drug-likeness (QED) is 0.616. The number of hydrogen-bond acceptors (Lipinski definition) is 7. The molecule has 1 heterocycles. The summed E-state index contributed by atoms with van der Waals surface area (Å²) in [6.07, 6.45) is 1.41. The highest BCUT2D eigenvalue weighted by molar-refractivity contribution is 7.13. The van der Waals surface area contributed by atoms with Crippen LogP contribution in [0.25, 0.3) is 0 Å². The Morgan fingerprint density at radius 3 is 2.39 bits per heavy atom. The zero-order valence-electron chi connectivity index (χ0n) is 13.4. The van der Waals surface area contributed by atoms with Gasteiger partial charge in [-0.2, -0.15) is 0 Å². The van der Waals surface area contributed by atoms with E-state index < -0.39 is 30.4 Å². The lowest BCUT2D eigenvalue weighted by Gasteiger charge is -2.16. The third-order valence-electron chi connectivity index (χ3n) is 2.21. The zero-order valence-corrected chi connectivity index (χ0v) is 14.2. The number of hydrogen-bond donors (Lipinski definition) is 3. The number of aliphatic carboxylic acids is 1. The summed E-state index contributed by atoms with van der Waals surface area (Å²) in [6.45, 7) is 1.18. The van der Waals surface area contributed by atoms with Crippen LogP contribution in [0.2, 0.25) is 0 Å². The van der Waals surface area contributed by atoms with Gasteiger partial charge in [0.15, 0.2) is 0 Å². The van der Waals surface area contributed by atoms with Crippen molar-refractivity contribution in [3.05, 3.63) is 16.1 Å². The molecule has 1 aromatic rings. The number of aryl methyl sites for hydroxylation is 1. The molecule has 0 radical (unpaired) electrons. The largest absolute Gasteiger partial charge is 0.480 e. The fourth-order valence-electron chi connectivity index (χ4n) is 1.33. The van der Waals surface area contributed by atoms with Gasteiger partial charge < -0.3 is 25.2 Å². The first-order chi connectivity index (χ1) is 10.8. The third-order valence-corrected chi connectivity index (χ3v) is 3.13. The number of thiazole rings is 1. The van der Waals surface area contributed by atoms with Gasteiger partial charge in [0.05, 0.1) is 17.8 Å². The maximum absolute atomic E-state index is 11.9. The van der Waals surface area contributed by atoms with Crippen LogP contribution in [0, 0.1) is 6.92 Å². The Balaban J connectivity index is 0.00000149. The number of carbonyl (C=O) groups is 3. The van der Waals surface area contributed by atoms with E-state index in [1.807, 2.05) is 0 Å². The monoisotopic (exact) mass is 347 g/mol. The fraction of sp³-hybridized carbons (Fsp3) is 0.538. The Labute approximate surface area is 138 Å². The molecule has 0 aliphatic rings. The van der Waals surface area contributed by atoms with Crippen LogP contribution in [0.5, 0.6) is 0 Å².